The van der Waals surface area contributed by atoms with Crippen LogP contribution in [0.15, 0.2) is 107 Å². The molecular weight excluding hydrogens is 530 g/mol. The maximum atomic E-state index is 13.5. The Morgan fingerprint density at radius 3 is 2.24 bits per heavy atom. The number of carbonyl (C=O) groups excluding carboxylic acids is 1. The van der Waals surface area contributed by atoms with Crippen LogP contribution in [0, 0.1) is 5.82 Å². The molecule has 5 rings (SSSR count). The molecule has 1 aliphatic rings. The molecule has 1 fully saturated rings. The lowest BCUT2D eigenvalue weighted by Gasteiger charge is -2.15. The smallest absolute Gasteiger partial charge is 0.271 e. The Bertz CT molecular complexity index is 1490. The van der Waals surface area contributed by atoms with Crippen molar-refractivity contribution in [2.45, 2.75) is 6.61 Å². The Hall–Kier alpha value is -3.58. The second-order valence-electron chi connectivity index (χ2n) is 8.09. The minimum absolute atomic E-state index is 0.188. The van der Waals surface area contributed by atoms with Crippen molar-refractivity contribution in [1.29, 1.82) is 0 Å². The number of carbonyl (C=O) groups is 1. The highest BCUT2D eigenvalue weighted by molar-refractivity contribution is 8.19. The maximum Gasteiger partial charge on any atom is 0.271 e. The van der Waals surface area contributed by atoms with E-state index in [1.165, 1.54) is 23.9 Å². The molecule has 1 amide bonds. The Labute approximate surface area is 228 Å². The highest BCUT2D eigenvalue weighted by atomic mass is 35.5. The number of aliphatic imine (C=N–C) groups is 1. The number of hydrogen-bond donors (Lipinski definition) is 0. The van der Waals surface area contributed by atoms with Crippen LogP contribution in [0.1, 0.15) is 11.1 Å². The quantitative estimate of drug-likeness (QED) is 0.227. The third-order valence-electron chi connectivity index (χ3n) is 5.41. The first kappa shape index (κ1) is 25.1. The van der Waals surface area contributed by atoms with Gasteiger partial charge in [-0.3, -0.25) is 9.69 Å². The predicted molar refractivity (Wildman–Crippen MR) is 150 cm³/mol. The van der Waals surface area contributed by atoms with Gasteiger partial charge in [-0.05, 0) is 102 Å². The molecule has 8 heteroatoms. The minimum Gasteiger partial charge on any atom is -0.489 e. The van der Waals surface area contributed by atoms with Gasteiger partial charge in [-0.2, -0.15) is 0 Å². The zero-order chi connectivity index (χ0) is 25.8. The van der Waals surface area contributed by atoms with E-state index in [-0.39, 0.29) is 18.3 Å². The van der Waals surface area contributed by atoms with Gasteiger partial charge in [-0.1, -0.05) is 47.5 Å². The number of amidine groups is 1. The van der Waals surface area contributed by atoms with Crippen LogP contribution < -0.4 is 9.64 Å². The largest absolute Gasteiger partial charge is 0.489 e. The van der Waals surface area contributed by atoms with Gasteiger partial charge in [-0.15, -0.1) is 0 Å². The van der Waals surface area contributed by atoms with Crippen LogP contribution in [-0.4, -0.2) is 11.1 Å². The lowest BCUT2D eigenvalue weighted by Crippen LogP contribution is -2.28. The summed E-state index contributed by atoms with van der Waals surface area (Å²) in [6.45, 7) is 0.257. The molecule has 37 heavy (non-hydrogen) atoms. The number of nitrogens with zero attached hydrogens (tertiary/aromatic N) is 2. The van der Waals surface area contributed by atoms with Crippen molar-refractivity contribution in [2.24, 2.45) is 4.99 Å². The Balaban J connectivity index is 1.38. The van der Waals surface area contributed by atoms with Crippen molar-refractivity contribution in [3.8, 4) is 5.75 Å². The molecule has 184 valence electrons. The van der Waals surface area contributed by atoms with E-state index in [4.69, 9.17) is 32.9 Å². The summed E-state index contributed by atoms with van der Waals surface area (Å²) in [7, 11) is 0. The van der Waals surface area contributed by atoms with E-state index in [2.05, 4.69) is 0 Å². The molecule has 0 N–H and O–H groups in total. The summed E-state index contributed by atoms with van der Waals surface area (Å²) in [4.78, 5) is 20.2. The molecule has 0 saturated carbocycles. The number of benzene rings is 4. The molecule has 0 atom stereocenters. The number of halogens is 3. The third kappa shape index (κ3) is 6.23. The average molecular weight is 549 g/mol. The SMILES string of the molecule is O=C1/C(=C/c2ccc(OCc3cccc(F)c3)cc2)SC(=Nc2ccc(Cl)cc2)N1c1ccc(Cl)cc1. The standard InChI is InChI=1S/C29H19Cl2FN2O2S/c30-21-6-10-24(11-7-21)33-29-34(25-12-8-22(31)9-13-25)28(35)27(37-29)17-19-4-14-26(15-5-19)36-18-20-2-1-3-23(32)16-20/h1-17H,18H2/b27-17-,33-29?. The normalized spacial score (nSPS) is 15.5. The number of thioether (sulfide) groups is 1. The number of hydrogen-bond acceptors (Lipinski definition) is 4. The number of ether oxygens (including phenoxy) is 1. The molecule has 4 aromatic carbocycles. The van der Waals surface area contributed by atoms with E-state index in [1.54, 1.807) is 65.6 Å². The predicted octanol–water partition coefficient (Wildman–Crippen LogP) is 8.52. The van der Waals surface area contributed by atoms with E-state index in [9.17, 15) is 9.18 Å². The minimum atomic E-state index is -0.298. The van der Waals surface area contributed by atoms with Gasteiger partial charge in [0.25, 0.3) is 5.91 Å². The summed E-state index contributed by atoms with van der Waals surface area (Å²) < 4.78 is 19.1. The molecule has 0 spiro atoms. The molecule has 1 saturated heterocycles. The monoisotopic (exact) mass is 548 g/mol. The fourth-order valence-electron chi connectivity index (χ4n) is 3.60. The number of rotatable bonds is 6. The van der Waals surface area contributed by atoms with Crippen LogP contribution >= 0.6 is 35.0 Å². The first-order valence-electron chi connectivity index (χ1n) is 11.3. The topological polar surface area (TPSA) is 41.9 Å². The molecule has 0 aliphatic carbocycles. The van der Waals surface area contributed by atoms with Gasteiger partial charge in [-0.25, -0.2) is 9.38 Å². The summed E-state index contributed by atoms with van der Waals surface area (Å²) >= 11 is 13.4. The van der Waals surface area contributed by atoms with E-state index in [1.807, 2.05) is 30.3 Å². The highest BCUT2D eigenvalue weighted by Crippen LogP contribution is 2.38. The average Bonchev–Trinajstić information content (AvgIpc) is 3.19. The Morgan fingerprint density at radius 2 is 1.57 bits per heavy atom. The molecule has 4 aromatic rings. The van der Waals surface area contributed by atoms with E-state index >= 15 is 0 Å². The summed E-state index contributed by atoms with van der Waals surface area (Å²) in [6, 6.07) is 27.8. The fraction of sp³-hybridized carbons (Fsp3) is 0.0345. The third-order valence-corrected chi connectivity index (χ3v) is 6.89. The molecule has 0 aromatic heterocycles. The summed E-state index contributed by atoms with van der Waals surface area (Å²) in [6.07, 6.45) is 1.82. The van der Waals surface area contributed by atoms with Crippen LogP contribution in [0.25, 0.3) is 6.08 Å². The maximum absolute atomic E-state index is 13.5. The fourth-order valence-corrected chi connectivity index (χ4v) is 4.85. The first-order chi connectivity index (χ1) is 17.9. The van der Waals surface area contributed by atoms with Crippen molar-refractivity contribution in [3.05, 3.63) is 129 Å². The second kappa shape index (κ2) is 11.2. The number of amides is 1. The van der Waals surface area contributed by atoms with Crippen molar-refractivity contribution in [2.75, 3.05) is 4.90 Å². The van der Waals surface area contributed by atoms with E-state index < -0.39 is 0 Å². The van der Waals surface area contributed by atoms with Crippen LogP contribution in [0.3, 0.4) is 0 Å². The Morgan fingerprint density at radius 1 is 0.892 bits per heavy atom. The van der Waals surface area contributed by atoms with Gasteiger partial charge in [0, 0.05) is 10.0 Å². The summed E-state index contributed by atoms with van der Waals surface area (Å²) in [5.41, 5.74) is 2.92. The van der Waals surface area contributed by atoms with Gasteiger partial charge in [0.2, 0.25) is 0 Å². The van der Waals surface area contributed by atoms with Crippen LogP contribution in [0.2, 0.25) is 10.0 Å². The van der Waals surface area contributed by atoms with Gasteiger partial charge < -0.3 is 4.74 Å². The molecule has 0 bridgehead atoms. The molecule has 4 nitrogen and oxygen atoms in total. The van der Waals surface area contributed by atoms with Crippen molar-refractivity contribution < 1.29 is 13.9 Å². The van der Waals surface area contributed by atoms with Gasteiger partial charge in [0.05, 0.1) is 16.3 Å². The van der Waals surface area contributed by atoms with E-state index in [0.29, 0.717) is 37.2 Å². The van der Waals surface area contributed by atoms with Gasteiger partial charge in [0.15, 0.2) is 5.17 Å². The summed E-state index contributed by atoms with van der Waals surface area (Å²) in [5.74, 6) is 0.157. The first-order valence-corrected chi connectivity index (χ1v) is 12.8. The van der Waals surface area contributed by atoms with Crippen LogP contribution in [0.4, 0.5) is 15.8 Å². The van der Waals surface area contributed by atoms with Crippen molar-refractivity contribution in [3.63, 3.8) is 0 Å². The lowest BCUT2D eigenvalue weighted by molar-refractivity contribution is -0.113. The lowest BCUT2D eigenvalue weighted by atomic mass is 10.2. The van der Waals surface area contributed by atoms with Crippen molar-refractivity contribution >= 4 is 63.5 Å². The molecule has 0 unspecified atom stereocenters. The van der Waals surface area contributed by atoms with Crippen molar-refractivity contribution in [1.82, 2.24) is 0 Å². The second-order valence-corrected chi connectivity index (χ2v) is 9.97. The zero-order valence-electron chi connectivity index (χ0n) is 19.3. The molecule has 1 heterocycles. The van der Waals surface area contributed by atoms with Crippen LogP contribution in [-0.2, 0) is 11.4 Å². The molecule has 1 aliphatic heterocycles. The van der Waals surface area contributed by atoms with E-state index in [0.717, 1.165) is 11.1 Å². The number of anilines is 1. The molecule has 0 radical (unpaired) electrons. The highest BCUT2D eigenvalue weighted by Gasteiger charge is 2.34. The van der Waals surface area contributed by atoms with Crippen LogP contribution in [0.5, 0.6) is 5.75 Å². The zero-order valence-corrected chi connectivity index (χ0v) is 21.6. The Kier molecular flexibility index (Phi) is 7.60. The van der Waals surface area contributed by atoms with Gasteiger partial charge in [0.1, 0.15) is 18.2 Å². The summed E-state index contributed by atoms with van der Waals surface area (Å²) in [5, 5.41) is 1.71. The molecular formula is C29H19Cl2FN2O2S. The van der Waals surface area contributed by atoms with Gasteiger partial charge >= 0.3 is 0 Å².